The fraction of sp³-hybridized carbons (Fsp3) is 0.625. The molecular weight excluding hydrogens is 270 g/mol. The van der Waals surface area contributed by atoms with E-state index in [9.17, 15) is 5.11 Å². The van der Waals surface area contributed by atoms with Crippen LogP contribution in [0.4, 0.5) is 0 Å². The van der Waals surface area contributed by atoms with Crippen molar-refractivity contribution in [2.24, 2.45) is 5.92 Å². The molecule has 1 fully saturated rings. The van der Waals surface area contributed by atoms with Crippen molar-refractivity contribution in [1.82, 2.24) is 4.90 Å². The van der Waals surface area contributed by atoms with Gasteiger partial charge in [0.05, 0.1) is 12.7 Å². The predicted molar refractivity (Wildman–Crippen MR) is 82.6 cm³/mol. The average Bonchev–Trinajstić information content (AvgIpc) is 2.87. The van der Waals surface area contributed by atoms with Crippen molar-refractivity contribution >= 4 is 11.3 Å². The van der Waals surface area contributed by atoms with E-state index in [0.29, 0.717) is 12.3 Å². The smallest absolute Gasteiger partial charge is 0.0541 e. The van der Waals surface area contributed by atoms with Crippen molar-refractivity contribution in [1.29, 1.82) is 0 Å². The molecule has 3 nitrogen and oxygen atoms in total. The summed E-state index contributed by atoms with van der Waals surface area (Å²) in [7, 11) is 0. The average molecular weight is 293 g/mol. The zero-order valence-corrected chi connectivity index (χ0v) is 12.8. The molecule has 1 aliphatic rings. The van der Waals surface area contributed by atoms with Crippen LogP contribution in [0.15, 0.2) is 11.4 Å². The second kappa shape index (κ2) is 7.80. The third kappa shape index (κ3) is 4.32. The fourth-order valence-corrected chi connectivity index (χ4v) is 3.46. The standard InChI is InChI=1S/C16H23NO2S/c1-13(19)14-5-8-17(9-6-14)12-16-15(7-11-20-16)4-2-3-10-18/h7,11,13-14,18-19H,3,5-6,8-10,12H2,1H3. The van der Waals surface area contributed by atoms with Crippen molar-refractivity contribution in [3.63, 3.8) is 0 Å². The molecule has 0 saturated carbocycles. The van der Waals surface area contributed by atoms with Gasteiger partial charge in [-0.2, -0.15) is 0 Å². The Morgan fingerprint density at radius 2 is 2.20 bits per heavy atom. The monoisotopic (exact) mass is 293 g/mol. The van der Waals surface area contributed by atoms with Crippen molar-refractivity contribution in [2.75, 3.05) is 19.7 Å². The number of rotatable bonds is 4. The lowest BCUT2D eigenvalue weighted by Crippen LogP contribution is -2.36. The van der Waals surface area contributed by atoms with Crippen molar-refractivity contribution in [2.45, 2.75) is 38.8 Å². The van der Waals surface area contributed by atoms with Crippen LogP contribution in [-0.2, 0) is 6.54 Å². The lowest BCUT2D eigenvalue weighted by atomic mass is 9.92. The van der Waals surface area contributed by atoms with Crippen LogP contribution in [0.1, 0.15) is 36.6 Å². The molecule has 2 heterocycles. The van der Waals surface area contributed by atoms with Gasteiger partial charge in [-0.3, -0.25) is 4.90 Å². The van der Waals surface area contributed by atoms with Crippen LogP contribution >= 0.6 is 11.3 Å². The highest BCUT2D eigenvalue weighted by molar-refractivity contribution is 7.10. The van der Waals surface area contributed by atoms with E-state index in [4.69, 9.17) is 5.11 Å². The molecule has 20 heavy (non-hydrogen) atoms. The summed E-state index contributed by atoms with van der Waals surface area (Å²) in [4.78, 5) is 3.76. The Morgan fingerprint density at radius 3 is 2.85 bits per heavy atom. The van der Waals surface area contributed by atoms with E-state index >= 15 is 0 Å². The Morgan fingerprint density at radius 1 is 1.45 bits per heavy atom. The number of likely N-dealkylation sites (tertiary alicyclic amines) is 1. The molecule has 110 valence electrons. The Kier molecular flexibility index (Phi) is 6.06. The first-order chi connectivity index (χ1) is 9.70. The van der Waals surface area contributed by atoms with Gasteiger partial charge in [-0.05, 0) is 50.2 Å². The van der Waals surface area contributed by atoms with E-state index in [1.807, 2.05) is 6.92 Å². The first-order valence-corrected chi connectivity index (χ1v) is 8.15. The van der Waals surface area contributed by atoms with Crippen LogP contribution in [0, 0.1) is 17.8 Å². The molecule has 0 bridgehead atoms. The van der Waals surface area contributed by atoms with Gasteiger partial charge in [-0.15, -0.1) is 11.3 Å². The maximum absolute atomic E-state index is 9.63. The van der Waals surface area contributed by atoms with Gasteiger partial charge < -0.3 is 10.2 Å². The van der Waals surface area contributed by atoms with Crippen LogP contribution in [0.5, 0.6) is 0 Å². The minimum Gasteiger partial charge on any atom is -0.395 e. The van der Waals surface area contributed by atoms with Crippen LogP contribution in [0.25, 0.3) is 0 Å². The van der Waals surface area contributed by atoms with Gasteiger partial charge >= 0.3 is 0 Å². The normalized spacial score (nSPS) is 18.6. The summed E-state index contributed by atoms with van der Waals surface area (Å²) >= 11 is 1.75. The molecule has 0 amide bonds. The Balaban J connectivity index is 1.89. The maximum atomic E-state index is 9.63. The molecule has 2 N–H and O–H groups in total. The van der Waals surface area contributed by atoms with E-state index < -0.39 is 0 Å². The highest BCUT2D eigenvalue weighted by Crippen LogP contribution is 2.24. The maximum Gasteiger partial charge on any atom is 0.0541 e. The minimum atomic E-state index is -0.182. The topological polar surface area (TPSA) is 43.7 Å². The summed E-state index contributed by atoms with van der Waals surface area (Å²) in [5.41, 5.74) is 1.10. The molecule has 1 saturated heterocycles. The number of hydrogen-bond donors (Lipinski definition) is 2. The molecule has 4 heteroatoms. The SMILES string of the molecule is CC(O)C1CCN(Cc2sccc2C#CCCO)CC1. The summed E-state index contributed by atoms with van der Waals surface area (Å²) in [6.45, 7) is 5.08. The van der Waals surface area contributed by atoms with Gasteiger partial charge in [-0.25, -0.2) is 0 Å². The Labute approximate surface area is 125 Å². The first-order valence-electron chi connectivity index (χ1n) is 7.27. The lowest BCUT2D eigenvalue weighted by molar-refractivity contribution is 0.0698. The molecule has 2 rings (SSSR count). The molecule has 1 unspecified atom stereocenters. The molecule has 0 radical (unpaired) electrons. The molecule has 1 aliphatic heterocycles. The predicted octanol–water partition coefficient (Wildman–Crippen LogP) is 2.07. The molecule has 1 atom stereocenters. The van der Waals surface area contributed by atoms with Crippen LogP contribution in [0.3, 0.4) is 0 Å². The van der Waals surface area contributed by atoms with E-state index in [1.165, 1.54) is 4.88 Å². The third-order valence-electron chi connectivity index (χ3n) is 3.89. The number of piperidine rings is 1. The van der Waals surface area contributed by atoms with Gasteiger partial charge in [0.1, 0.15) is 0 Å². The Hall–Kier alpha value is -0.860. The fourth-order valence-electron chi connectivity index (χ4n) is 2.58. The second-order valence-corrected chi connectivity index (χ2v) is 6.39. The molecular formula is C16H23NO2S. The summed E-state index contributed by atoms with van der Waals surface area (Å²) in [5.74, 6) is 6.59. The van der Waals surface area contributed by atoms with Crippen molar-refractivity contribution in [3.8, 4) is 11.8 Å². The van der Waals surface area contributed by atoms with Crippen molar-refractivity contribution < 1.29 is 10.2 Å². The van der Waals surface area contributed by atoms with Gasteiger partial charge in [0, 0.05) is 23.4 Å². The molecule has 1 aromatic heterocycles. The zero-order valence-electron chi connectivity index (χ0n) is 12.0. The zero-order chi connectivity index (χ0) is 14.4. The molecule has 1 aromatic rings. The van der Waals surface area contributed by atoms with Crippen LogP contribution < -0.4 is 0 Å². The van der Waals surface area contributed by atoms with E-state index in [1.54, 1.807) is 11.3 Å². The lowest BCUT2D eigenvalue weighted by Gasteiger charge is -2.33. The van der Waals surface area contributed by atoms with Gasteiger partial charge in [-0.1, -0.05) is 11.8 Å². The highest BCUT2D eigenvalue weighted by atomic mass is 32.1. The summed E-state index contributed by atoms with van der Waals surface area (Å²) in [6, 6.07) is 2.06. The number of thiophene rings is 1. The molecule has 0 aromatic carbocycles. The molecule has 0 aliphatic carbocycles. The van der Waals surface area contributed by atoms with Crippen LogP contribution in [-0.4, -0.2) is 40.9 Å². The quantitative estimate of drug-likeness (QED) is 0.835. The minimum absolute atomic E-state index is 0.124. The number of aliphatic hydroxyl groups is 2. The first kappa shape index (κ1) is 15.5. The largest absolute Gasteiger partial charge is 0.395 e. The van der Waals surface area contributed by atoms with E-state index in [0.717, 1.165) is 38.0 Å². The number of nitrogens with zero attached hydrogens (tertiary/aromatic N) is 1. The van der Waals surface area contributed by atoms with E-state index in [2.05, 4.69) is 28.2 Å². The van der Waals surface area contributed by atoms with Crippen LogP contribution in [0.2, 0.25) is 0 Å². The molecule has 0 spiro atoms. The summed E-state index contributed by atoms with van der Waals surface area (Å²) in [5, 5.41) is 20.5. The van der Waals surface area contributed by atoms with Gasteiger partial charge in [0.2, 0.25) is 0 Å². The van der Waals surface area contributed by atoms with Gasteiger partial charge in [0.25, 0.3) is 0 Å². The van der Waals surface area contributed by atoms with E-state index in [-0.39, 0.29) is 12.7 Å². The third-order valence-corrected chi connectivity index (χ3v) is 4.79. The Bertz CT molecular complexity index is 464. The second-order valence-electron chi connectivity index (χ2n) is 5.39. The number of aliphatic hydroxyl groups excluding tert-OH is 2. The van der Waals surface area contributed by atoms with Crippen molar-refractivity contribution in [3.05, 3.63) is 21.9 Å². The highest BCUT2D eigenvalue weighted by Gasteiger charge is 2.23. The summed E-state index contributed by atoms with van der Waals surface area (Å²) < 4.78 is 0. The summed E-state index contributed by atoms with van der Waals surface area (Å²) in [6.07, 6.45) is 2.51. The number of hydrogen-bond acceptors (Lipinski definition) is 4. The van der Waals surface area contributed by atoms with Gasteiger partial charge in [0.15, 0.2) is 0 Å².